The fourth-order valence-corrected chi connectivity index (χ4v) is 3.70. The first-order valence-corrected chi connectivity index (χ1v) is 9.94. The normalized spacial score (nSPS) is 11.0. The Balaban J connectivity index is 1.58. The Hall–Kier alpha value is -3.94. The molecular formula is C24H20F2N4O2. The largest absolute Gasteiger partial charge is 0.326 e. The van der Waals surface area contributed by atoms with Gasteiger partial charge in [0.25, 0.3) is 5.56 Å². The van der Waals surface area contributed by atoms with E-state index in [-0.39, 0.29) is 23.2 Å². The quantitative estimate of drug-likeness (QED) is 0.523. The van der Waals surface area contributed by atoms with Gasteiger partial charge in [-0.3, -0.25) is 19.1 Å². The number of fused-ring (bicyclic) bond motifs is 1. The van der Waals surface area contributed by atoms with Gasteiger partial charge >= 0.3 is 0 Å². The Morgan fingerprint density at radius 3 is 2.22 bits per heavy atom. The highest BCUT2D eigenvalue weighted by Crippen LogP contribution is 2.18. The number of carbonyl (C=O) groups excluding carboxylic acids is 1. The van der Waals surface area contributed by atoms with Crippen molar-refractivity contribution in [2.45, 2.75) is 27.2 Å². The molecule has 162 valence electrons. The molecule has 0 saturated heterocycles. The summed E-state index contributed by atoms with van der Waals surface area (Å²) in [6.07, 6.45) is 0.210. The number of nitrogens with one attached hydrogen (secondary N) is 1. The van der Waals surface area contributed by atoms with Gasteiger partial charge in [0.05, 0.1) is 23.0 Å². The average Bonchev–Trinajstić information content (AvgIpc) is 2.70. The van der Waals surface area contributed by atoms with Gasteiger partial charge in [-0.15, -0.1) is 0 Å². The predicted octanol–water partition coefficient (Wildman–Crippen LogP) is 4.17. The highest BCUT2D eigenvalue weighted by Gasteiger charge is 2.14. The number of aromatic nitrogens is 3. The molecule has 1 N–H and O–H groups in total. The molecule has 0 fully saturated rings. The van der Waals surface area contributed by atoms with E-state index in [9.17, 15) is 18.4 Å². The zero-order chi connectivity index (χ0) is 23.0. The van der Waals surface area contributed by atoms with E-state index < -0.39 is 17.2 Å². The summed E-state index contributed by atoms with van der Waals surface area (Å²) in [7, 11) is 0. The minimum atomic E-state index is -1.11. The monoisotopic (exact) mass is 434 g/mol. The van der Waals surface area contributed by atoms with Crippen molar-refractivity contribution in [2.75, 3.05) is 5.32 Å². The second-order valence-corrected chi connectivity index (χ2v) is 7.61. The third-order valence-corrected chi connectivity index (χ3v) is 4.99. The molecule has 2 aromatic carbocycles. The van der Waals surface area contributed by atoms with Crippen LogP contribution in [0.25, 0.3) is 16.6 Å². The van der Waals surface area contributed by atoms with Crippen molar-refractivity contribution in [1.29, 1.82) is 0 Å². The summed E-state index contributed by atoms with van der Waals surface area (Å²) in [5, 5.41) is 2.81. The van der Waals surface area contributed by atoms with E-state index in [1.165, 1.54) is 4.57 Å². The molecule has 4 aromatic rings. The van der Waals surface area contributed by atoms with E-state index >= 15 is 0 Å². The lowest BCUT2D eigenvalue weighted by molar-refractivity contribution is -0.115. The number of rotatable bonds is 4. The minimum Gasteiger partial charge on any atom is -0.326 e. The van der Waals surface area contributed by atoms with Crippen LogP contribution in [0.15, 0.2) is 53.3 Å². The van der Waals surface area contributed by atoms with Gasteiger partial charge in [0.2, 0.25) is 5.91 Å². The maximum Gasteiger partial charge on any atom is 0.266 e. The summed E-state index contributed by atoms with van der Waals surface area (Å²) >= 11 is 0. The topological polar surface area (TPSA) is 76.9 Å². The van der Waals surface area contributed by atoms with E-state index in [1.54, 1.807) is 31.2 Å². The number of hydrogen-bond donors (Lipinski definition) is 1. The van der Waals surface area contributed by atoms with Crippen molar-refractivity contribution in [2.24, 2.45) is 0 Å². The molecule has 0 saturated carbocycles. The van der Waals surface area contributed by atoms with Gasteiger partial charge in [-0.1, -0.05) is 0 Å². The first-order valence-electron chi connectivity index (χ1n) is 9.94. The molecule has 1 amide bonds. The smallest absolute Gasteiger partial charge is 0.266 e. The van der Waals surface area contributed by atoms with Crippen LogP contribution in [0.2, 0.25) is 0 Å². The molecule has 0 spiro atoms. The van der Waals surface area contributed by atoms with Crippen LogP contribution in [-0.2, 0) is 11.2 Å². The van der Waals surface area contributed by atoms with Crippen molar-refractivity contribution in [3.05, 3.63) is 93.3 Å². The molecular weight excluding hydrogens is 414 g/mol. The second kappa shape index (κ2) is 8.30. The van der Waals surface area contributed by atoms with Crippen LogP contribution in [0, 0.1) is 32.4 Å². The van der Waals surface area contributed by atoms with Crippen LogP contribution in [-0.4, -0.2) is 20.4 Å². The molecule has 0 aliphatic heterocycles. The third kappa shape index (κ3) is 4.25. The number of pyridine rings is 1. The fraction of sp³-hybridized carbons (Fsp3) is 0.167. The average molecular weight is 434 g/mol. The minimum absolute atomic E-state index is 0.0187. The van der Waals surface area contributed by atoms with E-state index in [4.69, 9.17) is 0 Å². The van der Waals surface area contributed by atoms with Crippen molar-refractivity contribution in [3.63, 3.8) is 0 Å². The molecule has 0 unspecified atom stereocenters. The SMILES string of the molecule is Cc1cc(CC(=O)Nc2ccc(-n3c(C)nc4cc(F)c(F)cc4c3=O)cc2)cc(C)n1. The lowest BCUT2D eigenvalue weighted by Gasteiger charge is -2.12. The number of halogens is 2. The Bertz CT molecular complexity index is 1390. The highest BCUT2D eigenvalue weighted by molar-refractivity contribution is 5.92. The van der Waals surface area contributed by atoms with E-state index in [1.807, 2.05) is 26.0 Å². The van der Waals surface area contributed by atoms with E-state index in [2.05, 4.69) is 15.3 Å². The maximum absolute atomic E-state index is 13.6. The number of carbonyl (C=O) groups is 1. The molecule has 2 heterocycles. The summed E-state index contributed by atoms with van der Waals surface area (Å²) in [6, 6.07) is 12.1. The molecule has 0 aliphatic rings. The third-order valence-electron chi connectivity index (χ3n) is 4.99. The number of hydrogen-bond acceptors (Lipinski definition) is 4. The number of amides is 1. The molecule has 6 nitrogen and oxygen atoms in total. The maximum atomic E-state index is 13.6. The molecule has 0 bridgehead atoms. The summed E-state index contributed by atoms with van der Waals surface area (Å²) < 4.78 is 28.5. The fourth-order valence-electron chi connectivity index (χ4n) is 3.70. The number of aryl methyl sites for hydroxylation is 3. The van der Waals surface area contributed by atoms with Gasteiger partial charge in [0, 0.05) is 23.1 Å². The highest BCUT2D eigenvalue weighted by atomic mass is 19.2. The first-order chi connectivity index (χ1) is 15.2. The van der Waals surface area contributed by atoms with E-state index in [0.717, 1.165) is 29.1 Å². The van der Waals surface area contributed by atoms with Crippen LogP contribution >= 0.6 is 0 Å². The van der Waals surface area contributed by atoms with Gasteiger partial charge in [-0.05, 0) is 68.8 Å². The summed E-state index contributed by atoms with van der Waals surface area (Å²) in [5.41, 5.74) is 3.21. The van der Waals surface area contributed by atoms with Gasteiger partial charge in [-0.2, -0.15) is 0 Å². The van der Waals surface area contributed by atoms with Crippen molar-refractivity contribution in [1.82, 2.24) is 14.5 Å². The van der Waals surface area contributed by atoms with Crippen molar-refractivity contribution >= 4 is 22.5 Å². The molecule has 4 rings (SSSR count). The molecule has 0 atom stereocenters. The van der Waals surface area contributed by atoms with Crippen molar-refractivity contribution < 1.29 is 13.6 Å². The predicted molar refractivity (Wildman–Crippen MR) is 118 cm³/mol. The number of benzene rings is 2. The lowest BCUT2D eigenvalue weighted by Crippen LogP contribution is -2.22. The Labute approximate surface area is 182 Å². The summed E-state index contributed by atoms with van der Waals surface area (Å²) in [6.45, 7) is 5.36. The first kappa shape index (κ1) is 21.3. The lowest BCUT2D eigenvalue weighted by atomic mass is 10.1. The molecule has 0 aliphatic carbocycles. The van der Waals surface area contributed by atoms with Gasteiger partial charge in [0.15, 0.2) is 11.6 Å². The van der Waals surface area contributed by atoms with Gasteiger partial charge < -0.3 is 5.32 Å². The number of nitrogens with zero attached hydrogens (tertiary/aromatic N) is 3. The zero-order valence-corrected chi connectivity index (χ0v) is 17.7. The van der Waals surface area contributed by atoms with Gasteiger partial charge in [0.1, 0.15) is 5.82 Å². The van der Waals surface area contributed by atoms with Crippen LogP contribution < -0.4 is 10.9 Å². The van der Waals surface area contributed by atoms with Gasteiger partial charge in [-0.25, -0.2) is 13.8 Å². The Morgan fingerprint density at radius 2 is 1.56 bits per heavy atom. The zero-order valence-electron chi connectivity index (χ0n) is 17.7. The summed E-state index contributed by atoms with van der Waals surface area (Å²) in [5.74, 6) is -2.02. The van der Waals surface area contributed by atoms with E-state index in [0.29, 0.717) is 17.2 Å². The summed E-state index contributed by atoms with van der Waals surface area (Å²) in [4.78, 5) is 33.8. The Morgan fingerprint density at radius 1 is 0.938 bits per heavy atom. The van der Waals surface area contributed by atoms with Crippen LogP contribution in [0.1, 0.15) is 22.8 Å². The number of anilines is 1. The Kier molecular flexibility index (Phi) is 5.52. The van der Waals surface area contributed by atoms with Crippen LogP contribution in [0.4, 0.5) is 14.5 Å². The molecule has 8 heteroatoms. The van der Waals surface area contributed by atoms with Crippen LogP contribution in [0.5, 0.6) is 0 Å². The molecule has 2 aromatic heterocycles. The second-order valence-electron chi connectivity index (χ2n) is 7.61. The standard InChI is InChI=1S/C24H20F2N4O2/c1-13-8-16(9-14(2)27-13)10-23(31)29-17-4-6-18(7-5-17)30-15(3)28-22-12-21(26)20(25)11-19(22)24(30)32/h4-9,11-12H,10H2,1-3H3,(H,29,31). The van der Waals surface area contributed by atoms with Crippen molar-refractivity contribution in [3.8, 4) is 5.69 Å². The molecule has 0 radical (unpaired) electrons. The molecule has 32 heavy (non-hydrogen) atoms. The van der Waals surface area contributed by atoms with Crippen LogP contribution in [0.3, 0.4) is 0 Å².